The van der Waals surface area contributed by atoms with E-state index < -0.39 is 5.60 Å². The van der Waals surface area contributed by atoms with E-state index in [1.165, 1.54) is 51.4 Å². The molecule has 0 aliphatic heterocycles. The lowest BCUT2D eigenvalue weighted by Gasteiger charge is -2.39. The lowest BCUT2D eigenvalue weighted by molar-refractivity contribution is -0.0650. The van der Waals surface area contributed by atoms with Crippen LogP contribution in [0.25, 0.3) is 0 Å². The maximum Gasteiger partial charge on any atom is 0.0958 e. The second kappa shape index (κ2) is 5.28. The molecule has 2 heteroatoms. The number of fused-ring (bicyclic) bond motifs is 3. The summed E-state index contributed by atoms with van der Waals surface area (Å²) in [5.41, 5.74) is 0.461. The van der Waals surface area contributed by atoms with E-state index in [1.807, 2.05) is 18.2 Å². The normalized spacial score (nSPS) is 42.4. The van der Waals surface area contributed by atoms with Gasteiger partial charge in [0.05, 0.1) is 5.60 Å². The van der Waals surface area contributed by atoms with Gasteiger partial charge in [0.1, 0.15) is 0 Å². The highest BCUT2D eigenvalue weighted by atomic mass is 35.5. The molecule has 4 unspecified atom stereocenters. The van der Waals surface area contributed by atoms with Gasteiger partial charge in [0, 0.05) is 5.02 Å². The van der Waals surface area contributed by atoms with Gasteiger partial charge in [0.25, 0.3) is 0 Å². The molecular weight excluding hydrogens is 280 g/mol. The standard InChI is InChI=1S/C19H25ClO/c20-14-7-5-6-13(12-14)19(21)17-10-3-1-8-15(17)16-9-2-4-11-18(16)19/h5-7,12,15-18,21H,1-4,8-11H2. The van der Waals surface area contributed by atoms with Crippen LogP contribution >= 0.6 is 11.6 Å². The zero-order valence-electron chi connectivity index (χ0n) is 12.6. The van der Waals surface area contributed by atoms with Crippen LogP contribution in [0.4, 0.5) is 0 Å². The molecule has 21 heavy (non-hydrogen) atoms. The van der Waals surface area contributed by atoms with Crippen LogP contribution in [0.15, 0.2) is 24.3 Å². The van der Waals surface area contributed by atoms with Crippen LogP contribution in [0, 0.1) is 23.7 Å². The Kier molecular flexibility index (Phi) is 3.54. The Morgan fingerprint density at radius 3 is 2.05 bits per heavy atom. The SMILES string of the molecule is OC1(c2cccc(Cl)c2)C2CCCCC2C2CCCCC21. The van der Waals surface area contributed by atoms with Gasteiger partial charge in [-0.2, -0.15) is 0 Å². The van der Waals surface area contributed by atoms with Crippen molar-refractivity contribution in [1.29, 1.82) is 0 Å². The number of hydrogen-bond acceptors (Lipinski definition) is 1. The summed E-state index contributed by atoms with van der Waals surface area (Å²) in [5, 5.41) is 12.6. The predicted octanol–water partition coefficient (Wildman–Crippen LogP) is 5.15. The molecule has 4 rings (SSSR count). The number of hydrogen-bond donors (Lipinski definition) is 1. The predicted molar refractivity (Wildman–Crippen MR) is 86.2 cm³/mol. The minimum atomic E-state index is -0.624. The first-order valence-electron chi connectivity index (χ1n) is 8.69. The van der Waals surface area contributed by atoms with Crippen molar-refractivity contribution < 1.29 is 5.11 Å². The second-order valence-electron chi connectivity index (χ2n) is 7.45. The lowest BCUT2D eigenvalue weighted by Crippen LogP contribution is -2.39. The summed E-state index contributed by atoms with van der Waals surface area (Å²) in [4.78, 5) is 0. The van der Waals surface area contributed by atoms with Crippen LogP contribution in [0.2, 0.25) is 5.02 Å². The van der Waals surface area contributed by atoms with Gasteiger partial charge in [-0.3, -0.25) is 0 Å². The molecule has 0 saturated heterocycles. The third kappa shape index (κ3) is 2.08. The van der Waals surface area contributed by atoms with E-state index in [-0.39, 0.29) is 0 Å². The Bertz CT molecular complexity index is 504. The van der Waals surface area contributed by atoms with E-state index in [1.54, 1.807) is 0 Å². The Balaban J connectivity index is 1.80. The molecule has 0 spiro atoms. The highest BCUT2D eigenvalue weighted by molar-refractivity contribution is 6.30. The van der Waals surface area contributed by atoms with E-state index in [0.717, 1.165) is 22.4 Å². The van der Waals surface area contributed by atoms with Gasteiger partial charge in [0.15, 0.2) is 0 Å². The molecule has 0 heterocycles. The molecule has 1 aromatic carbocycles. The van der Waals surface area contributed by atoms with Crippen LogP contribution < -0.4 is 0 Å². The first kappa shape index (κ1) is 14.1. The Hall–Kier alpha value is -0.530. The van der Waals surface area contributed by atoms with Crippen LogP contribution in [-0.2, 0) is 5.60 Å². The first-order chi connectivity index (χ1) is 10.2. The van der Waals surface area contributed by atoms with Crippen molar-refractivity contribution in [2.45, 2.75) is 57.0 Å². The summed E-state index contributed by atoms with van der Waals surface area (Å²) in [7, 11) is 0. The molecule has 3 aliphatic rings. The molecule has 0 radical (unpaired) electrons. The molecular formula is C19H25ClO. The first-order valence-corrected chi connectivity index (χ1v) is 9.07. The summed E-state index contributed by atoms with van der Waals surface area (Å²) in [5.74, 6) is 2.40. The fourth-order valence-electron chi connectivity index (χ4n) is 5.88. The molecule has 3 saturated carbocycles. The zero-order chi connectivity index (χ0) is 14.4. The van der Waals surface area contributed by atoms with Gasteiger partial charge in [0.2, 0.25) is 0 Å². The number of aliphatic hydroxyl groups is 1. The minimum absolute atomic E-state index is 0.456. The quantitative estimate of drug-likeness (QED) is 0.760. The molecule has 0 amide bonds. The molecule has 114 valence electrons. The van der Waals surface area contributed by atoms with E-state index >= 15 is 0 Å². The lowest BCUT2D eigenvalue weighted by atomic mass is 9.71. The Morgan fingerprint density at radius 1 is 0.905 bits per heavy atom. The van der Waals surface area contributed by atoms with Crippen molar-refractivity contribution in [2.75, 3.05) is 0 Å². The fourth-order valence-corrected chi connectivity index (χ4v) is 6.07. The zero-order valence-corrected chi connectivity index (χ0v) is 13.4. The number of benzene rings is 1. The van der Waals surface area contributed by atoms with E-state index in [9.17, 15) is 5.11 Å². The number of halogens is 1. The van der Waals surface area contributed by atoms with Gasteiger partial charge in [-0.25, -0.2) is 0 Å². The van der Waals surface area contributed by atoms with Crippen LogP contribution in [0.3, 0.4) is 0 Å². The summed E-state index contributed by atoms with van der Waals surface area (Å²) in [6.45, 7) is 0. The second-order valence-corrected chi connectivity index (χ2v) is 7.88. The monoisotopic (exact) mass is 304 g/mol. The Labute approximate surface area is 132 Å². The fraction of sp³-hybridized carbons (Fsp3) is 0.684. The molecule has 3 fully saturated rings. The van der Waals surface area contributed by atoms with E-state index in [0.29, 0.717) is 11.8 Å². The highest BCUT2D eigenvalue weighted by Crippen LogP contribution is 2.62. The number of rotatable bonds is 1. The van der Waals surface area contributed by atoms with Gasteiger partial charge in [-0.1, -0.05) is 49.4 Å². The third-order valence-corrected chi connectivity index (χ3v) is 6.84. The molecule has 0 bridgehead atoms. The average molecular weight is 305 g/mol. The van der Waals surface area contributed by atoms with E-state index in [2.05, 4.69) is 6.07 Å². The van der Waals surface area contributed by atoms with Crippen molar-refractivity contribution >= 4 is 11.6 Å². The molecule has 1 N–H and O–H groups in total. The van der Waals surface area contributed by atoms with Crippen molar-refractivity contribution in [3.05, 3.63) is 34.9 Å². The molecule has 1 nitrogen and oxygen atoms in total. The van der Waals surface area contributed by atoms with Crippen molar-refractivity contribution in [3.8, 4) is 0 Å². The van der Waals surface area contributed by atoms with Crippen LogP contribution in [-0.4, -0.2) is 5.11 Å². The van der Waals surface area contributed by atoms with Gasteiger partial charge in [-0.05, 0) is 67.1 Å². The largest absolute Gasteiger partial charge is 0.385 e. The molecule has 0 aromatic heterocycles. The highest BCUT2D eigenvalue weighted by Gasteiger charge is 2.60. The van der Waals surface area contributed by atoms with Crippen LogP contribution in [0.1, 0.15) is 56.9 Å². The van der Waals surface area contributed by atoms with E-state index in [4.69, 9.17) is 11.6 Å². The summed E-state index contributed by atoms with van der Waals surface area (Å²) < 4.78 is 0. The Morgan fingerprint density at radius 2 is 1.48 bits per heavy atom. The maximum absolute atomic E-state index is 11.8. The smallest absolute Gasteiger partial charge is 0.0958 e. The topological polar surface area (TPSA) is 20.2 Å². The van der Waals surface area contributed by atoms with Crippen molar-refractivity contribution in [2.24, 2.45) is 23.7 Å². The summed E-state index contributed by atoms with van der Waals surface area (Å²) >= 11 is 6.22. The molecule has 1 aromatic rings. The van der Waals surface area contributed by atoms with Crippen molar-refractivity contribution in [1.82, 2.24) is 0 Å². The molecule has 4 atom stereocenters. The summed E-state index contributed by atoms with van der Waals surface area (Å²) in [6, 6.07) is 8.04. The average Bonchev–Trinajstić information content (AvgIpc) is 2.79. The maximum atomic E-state index is 11.8. The van der Waals surface area contributed by atoms with Gasteiger partial charge < -0.3 is 5.11 Å². The third-order valence-electron chi connectivity index (χ3n) is 6.61. The summed E-state index contributed by atoms with van der Waals surface area (Å²) in [6.07, 6.45) is 10.3. The van der Waals surface area contributed by atoms with Gasteiger partial charge in [-0.15, -0.1) is 0 Å². The van der Waals surface area contributed by atoms with Gasteiger partial charge >= 0.3 is 0 Å². The molecule has 3 aliphatic carbocycles. The minimum Gasteiger partial charge on any atom is -0.385 e. The van der Waals surface area contributed by atoms with Crippen molar-refractivity contribution in [3.63, 3.8) is 0 Å². The van der Waals surface area contributed by atoms with Crippen LogP contribution in [0.5, 0.6) is 0 Å².